The monoisotopic (exact) mass is 455 g/mol. The first-order valence-electron chi connectivity index (χ1n) is 9.92. The second-order valence-corrected chi connectivity index (χ2v) is 7.07. The van der Waals surface area contributed by atoms with E-state index in [1.165, 1.54) is 5.56 Å². The van der Waals surface area contributed by atoms with Gasteiger partial charge in [-0.05, 0) is 38.2 Å². The number of amides is 1. The number of hydrogen-bond acceptors (Lipinski definition) is 7. The predicted molar refractivity (Wildman–Crippen MR) is 118 cm³/mol. The first-order chi connectivity index (χ1) is 15.0. The number of nitrogens with zero attached hydrogens (tertiary/aromatic N) is 1. The molecule has 0 saturated heterocycles. The maximum Gasteiger partial charge on any atom is 0.335 e. The number of aliphatic hydroxyl groups excluding tert-OH is 2. The Morgan fingerprint density at radius 3 is 2.00 bits per heavy atom. The van der Waals surface area contributed by atoms with Crippen molar-refractivity contribution in [3.8, 4) is 0 Å². The number of guanidine groups is 1. The Morgan fingerprint density at radius 1 is 1.00 bits per heavy atom. The molecule has 3 unspecified atom stereocenters. The molecular weight excluding hydrogens is 422 g/mol. The molecule has 0 saturated carbocycles. The minimum absolute atomic E-state index is 0.0580. The molecular formula is C20H33N5O7. The van der Waals surface area contributed by atoms with E-state index in [1.807, 2.05) is 37.3 Å². The third kappa shape index (κ3) is 13.2. The normalized spacial score (nSPS) is 14.0. The molecule has 4 atom stereocenters. The summed E-state index contributed by atoms with van der Waals surface area (Å²) in [7, 11) is 0. The molecule has 11 N–H and O–H groups in total. The van der Waals surface area contributed by atoms with Gasteiger partial charge in [-0.15, -0.1) is 0 Å². The highest BCUT2D eigenvalue weighted by molar-refractivity contribution is 5.83. The van der Waals surface area contributed by atoms with Gasteiger partial charge in [0, 0.05) is 12.6 Å². The Morgan fingerprint density at radius 2 is 1.53 bits per heavy atom. The second kappa shape index (κ2) is 15.6. The summed E-state index contributed by atoms with van der Waals surface area (Å²) in [5.74, 6) is -3.55. The summed E-state index contributed by atoms with van der Waals surface area (Å²) in [5.41, 5.74) is 17.6. The SMILES string of the molecule is C[C@@H](Cc1ccccc1)NC(=O)C(N)CCCCN=C(N)N.O=C(O)C(O)C(O)C(=O)O. The van der Waals surface area contributed by atoms with E-state index in [2.05, 4.69) is 10.3 Å². The number of nitrogens with two attached hydrogens (primary N) is 3. The van der Waals surface area contributed by atoms with Gasteiger partial charge in [0.15, 0.2) is 18.2 Å². The zero-order chi connectivity index (χ0) is 24.7. The molecule has 180 valence electrons. The van der Waals surface area contributed by atoms with Gasteiger partial charge in [0.05, 0.1) is 6.04 Å². The van der Waals surface area contributed by atoms with Crippen LogP contribution in [0.5, 0.6) is 0 Å². The first kappa shape index (κ1) is 28.8. The van der Waals surface area contributed by atoms with Gasteiger partial charge in [0.2, 0.25) is 5.91 Å². The van der Waals surface area contributed by atoms with Crippen molar-refractivity contribution >= 4 is 23.8 Å². The number of aliphatic carboxylic acids is 2. The van der Waals surface area contributed by atoms with Gasteiger partial charge >= 0.3 is 11.9 Å². The van der Waals surface area contributed by atoms with Crippen LogP contribution in [0, 0.1) is 0 Å². The van der Waals surface area contributed by atoms with Crippen molar-refractivity contribution in [1.29, 1.82) is 0 Å². The Balaban J connectivity index is 0.000000809. The molecule has 12 heteroatoms. The average Bonchev–Trinajstić information content (AvgIpc) is 2.72. The van der Waals surface area contributed by atoms with Gasteiger partial charge in [-0.2, -0.15) is 0 Å². The lowest BCUT2D eigenvalue weighted by Crippen LogP contribution is -2.45. The number of carbonyl (C=O) groups excluding carboxylic acids is 1. The molecule has 0 radical (unpaired) electrons. The van der Waals surface area contributed by atoms with E-state index in [4.69, 9.17) is 37.6 Å². The Hall–Kier alpha value is -3.22. The van der Waals surface area contributed by atoms with Crippen molar-refractivity contribution in [2.45, 2.75) is 56.9 Å². The number of carboxylic acids is 2. The smallest absolute Gasteiger partial charge is 0.335 e. The Labute approximate surface area is 186 Å². The quantitative estimate of drug-likeness (QED) is 0.102. The van der Waals surface area contributed by atoms with Crippen molar-refractivity contribution in [2.24, 2.45) is 22.2 Å². The number of carbonyl (C=O) groups is 3. The van der Waals surface area contributed by atoms with Crippen LogP contribution in [0.4, 0.5) is 0 Å². The van der Waals surface area contributed by atoms with E-state index in [0.29, 0.717) is 13.0 Å². The van der Waals surface area contributed by atoms with Crippen LogP contribution in [0.3, 0.4) is 0 Å². The number of unbranched alkanes of at least 4 members (excludes halogenated alkanes) is 1. The van der Waals surface area contributed by atoms with Crippen LogP contribution in [0.1, 0.15) is 31.7 Å². The van der Waals surface area contributed by atoms with E-state index >= 15 is 0 Å². The lowest BCUT2D eigenvalue weighted by molar-refractivity contribution is -0.165. The fourth-order valence-corrected chi connectivity index (χ4v) is 2.45. The largest absolute Gasteiger partial charge is 0.479 e. The predicted octanol–water partition coefficient (Wildman–Crippen LogP) is -1.62. The zero-order valence-corrected chi connectivity index (χ0v) is 17.9. The molecule has 1 aromatic carbocycles. The number of carboxylic acid groups (broad SMARTS) is 2. The van der Waals surface area contributed by atoms with Crippen molar-refractivity contribution < 1.29 is 34.8 Å². The standard InChI is InChI=1S/C16H27N5O.C4H6O6/c1-12(11-13-7-3-2-4-8-13)21-15(22)14(17)9-5-6-10-20-16(18)19;5-1(3(7)8)2(6)4(9)10/h2-4,7-8,12,14H,5-6,9-11,17H2,1H3,(H,21,22)(H4,18,19,20);1-2,5-6H,(H,7,8)(H,9,10)/t12-,14?;/m0./s1. The Bertz CT molecular complexity index is 723. The minimum Gasteiger partial charge on any atom is -0.479 e. The van der Waals surface area contributed by atoms with Crippen molar-refractivity contribution in [3.05, 3.63) is 35.9 Å². The van der Waals surface area contributed by atoms with Crippen LogP contribution in [0.2, 0.25) is 0 Å². The van der Waals surface area contributed by atoms with Crippen LogP contribution >= 0.6 is 0 Å². The van der Waals surface area contributed by atoms with Crippen molar-refractivity contribution in [3.63, 3.8) is 0 Å². The van der Waals surface area contributed by atoms with Crippen molar-refractivity contribution in [2.75, 3.05) is 6.54 Å². The van der Waals surface area contributed by atoms with Gasteiger partial charge in [-0.25, -0.2) is 9.59 Å². The van der Waals surface area contributed by atoms with Crippen LogP contribution in [-0.2, 0) is 20.8 Å². The number of rotatable bonds is 12. The number of aliphatic imine (C=N–C) groups is 1. The molecule has 0 aliphatic heterocycles. The highest BCUT2D eigenvalue weighted by Crippen LogP contribution is 2.04. The summed E-state index contributed by atoms with van der Waals surface area (Å²) in [6.45, 7) is 2.55. The van der Waals surface area contributed by atoms with E-state index in [1.54, 1.807) is 0 Å². The summed E-state index contributed by atoms with van der Waals surface area (Å²) >= 11 is 0. The summed E-state index contributed by atoms with van der Waals surface area (Å²) in [4.78, 5) is 35.4. The molecule has 12 nitrogen and oxygen atoms in total. The van der Waals surface area contributed by atoms with Gasteiger partial charge in [0.25, 0.3) is 0 Å². The van der Waals surface area contributed by atoms with E-state index < -0.39 is 30.2 Å². The van der Waals surface area contributed by atoms with Crippen molar-refractivity contribution in [1.82, 2.24) is 5.32 Å². The van der Waals surface area contributed by atoms with Gasteiger partial charge in [0.1, 0.15) is 0 Å². The third-order valence-corrected chi connectivity index (χ3v) is 4.13. The van der Waals surface area contributed by atoms with Crippen LogP contribution in [-0.4, -0.2) is 75.1 Å². The summed E-state index contributed by atoms with van der Waals surface area (Å²) in [6, 6.07) is 9.63. The molecule has 0 fully saturated rings. The molecule has 32 heavy (non-hydrogen) atoms. The lowest BCUT2D eigenvalue weighted by Gasteiger charge is -2.17. The summed E-state index contributed by atoms with van der Waals surface area (Å²) in [5, 5.41) is 35.5. The second-order valence-electron chi connectivity index (χ2n) is 7.07. The third-order valence-electron chi connectivity index (χ3n) is 4.13. The first-order valence-corrected chi connectivity index (χ1v) is 9.92. The zero-order valence-electron chi connectivity index (χ0n) is 17.9. The average molecular weight is 456 g/mol. The molecule has 0 aromatic heterocycles. The number of nitrogens with one attached hydrogen (secondary N) is 1. The van der Waals surface area contributed by atoms with E-state index in [-0.39, 0.29) is 17.9 Å². The number of hydrogen-bond donors (Lipinski definition) is 8. The summed E-state index contributed by atoms with van der Waals surface area (Å²) < 4.78 is 0. The highest BCUT2D eigenvalue weighted by atomic mass is 16.4. The molecule has 1 rings (SSSR count). The fraction of sp³-hybridized carbons (Fsp3) is 0.500. The van der Waals surface area contributed by atoms with Gasteiger partial charge < -0.3 is 42.9 Å². The maximum atomic E-state index is 12.0. The molecule has 0 spiro atoms. The molecule has 1 aromatic rings. The minimum atomic E-state index is -2.27. The molecule has 1 amide bonds. The topological polar surface area (TPSA) is 235 Å². The van der Waals surface area contributed by atoms with Gasteiger partial charge in [-0.1, -0.05) is 30.3 Å². The molecule has 0 heterocycles. The van der Waals surface area contributed by atoms with Gasteiger partial charge in [-0.3, -0.25) is 9.79 Å². The summed E-state index contributed by atoms with van der Waals surface area (Å²) in [6.07, 6.45) is -1.47. The van der Waals surface area contributed by atoms with E-state index in [9.17, 15) is 14.4 Å². The van der Waals surface area contributed by atoms with Crippen LogP contribution in [0.25, 0.3) is 0 Å². The molecule has 0 aliphatic rings. The number of benzene rings is 1. The van der Waals surface area contributed by atoms with Crippen LogP contribution < -0.4 is 22.5 Å². The Kier molecular flexibility index (Phi) is 14.0. The fourth-order valence-electron chi connectivity index (χ4n) is 2.45. The molecule has 0 bridgehead atoms. The highest BCUT2D eigenvalue weighted by Gasteiger charge is 2.29. The maximum absolute atomic E-state index is 12.0. The number of aliphatic hydroxyl groups is 2. The van der Waals surface area contributed by atoms with E-state index in [0.717, 1.165) is 19.3 Å². The molecule has 0 aliphatic carbocycles. The van der Waals surface area contributed by atoms with Crippen LogP contribution in [0.15, 0.2) is 35.3 Å². The lowest BCUT2D eigenvalue weighted by atomic mass is 10.1.